The van der Waals surface area contributed by atoms with Gasteiger partial charge in [0, 0.05) is 19.3 Å². The highest BCUT2D eigenvalue weighted by atomic mass is 32.2. The van der Waals surface area contributed by atoms with Gasteiger partial charge in [0.15, 0.2) is 0 Å². The number of ether oxygens (including phenoxy) is 1. The molecular weight excluding hydrogens is 462 g/mol. The lowest BCUT2D eigenvalue weighted by Gasteiger charge is -2.26. The average Bonchev–Trinajstić information content (AvgIpc) is 2.73. The molecule has 1 aliphatic rings. The molecule has 1 heterocycles. The van der Waals surface area contributed by atoms with Gasteiger partial charge in [0.2, 0.25) is 10.0 Å². The van der Waals surface area contributed by atoms with E-state index in [4.69, 9.17) is 4.74 Å². The van der Waals surface area contributed by atoms with Crippen molar-refractivity contribution in [1.82, 2.24) is 4.31 Å². The van der Waals surface area contributed by atoms with Crippen molar-refractivity contribution in [3.05, 3.63) is 64.7 Å². The maximum absolute atomic E-state index is 12.9. The molecule has 0 atom stereocenters. The van der Waals surface area contributed by atoms with Crippen molar-refractivity contribution in [3.8, 4) is 0 Å². The number of nitrogens with zero attached hydrogens (tertiary/aromatic N) is 2. The zero-order valence-corrected chi connectivity index (χ0v) is 17.3. The number of alkyl halides is 6. The predicted octanol–water partition coefficient (Wildman–Crippen LogP) is 4.36. The van der Waals surface area contributed by atoms with Crippen LogP contribution < -0.4 is 0 Å². The van der Waals surface area contributed by atoms with Crippen molar-refractivity contribution in [3.63, 3.8) is 0 Å². The van der Waals surface area contributed by atoms with Crippen LogP contribution in [0.2, 0.25) is 0 Å². The molecule has 174 valence electrons. The minimum atomic E-state index is -4.94. The molecular formula is C20H18F6N2O3S. The third kappa shape index (κ3) is 5.87. The van der Waals surface area contributed by atoms with E-state index in [0.29, 0.717) is 30.9 Å². The number of hydrogen-bond acceptors (Lipinski definition) is 4. The summed E-state index contributed by atoms with van der Waals surface area (Å²) in [6.07, 6.45) is -8.96. The van der Waals surface area contributed by atoms with Crippen LogP contribution in [0.25, 0.3) is 0 Å². The lowest BCUT2D eigenvalue weighted by atomic mass is 10.1. The van der Waals surface area contributed by atoms with E-state index < -0.39 is 33.5 Å². The van der Waals surface area contributed by atoms with Gasteiger partial charge < -0.3 is 4.74 Å². The van der Waals surface area contributed by atoms with Crippen LogP contribution in [-0.4, -0.2) is 45.2 Å². The van der Waals surface area contributed by atoms with E-state index in [1.165, 1.54) is 28.6 Å². The lowest BCUT2D eigenvalue weighted by molar-refractivity contribution is -0.143. The van der Waals surface area contributed by atoms with E-state index in [0.717, 1.165) is 6.21 Å². The highest BCUT2D eigenvalue weighted by molar-refractivity contribution is 7.89. The Bertz CT molecular complexity index is 1040. The third-order valence-corrected chi connectivity index (χ3v) is 6.57. The minimum absolute atomic E-state index is 0.0466. The number of aliphatic imine (C=N–C) groups is 1. The first-order chi connectivity index (χ1) is 14.9. The number of benzene rings is 2. The summed E-state index contributed by atoms with van der Waals surface area (Å²) >= 11 is 0. The first kappa shape index (κ1) is 24.2. The van der Waals surface area contributed by atoms with Gasteiger partial charge in [-0.15, -0.1) is 0 Å². The highest BCUT2D eigenvalue weighted by Gasteiger charge is 2.36. The summed E-state index contributed by atoms with van der Waals surface area (Å²) in [6.45, 7) is 1.03. The molecule has 32 heavy (non-hydrogen) atoms. The van der Waals surface area contributed by atoms with Crippen LogP contribution in [0.4, 0.5) is 26.3 Å². The second-order valence-electron chi connectivity index (χ2n) is 6.97. The third-order valence-electron chi connectivity index (χ3n) is 4.66. The maximum Gasteiger partial charge on any atom is 0.416 e. The van der Waals surface area contributed by atoms with Gasteiger partial charge in [0.05, 0.1) is 35.8 Å². The molecule has 0 saturated carbocycles. The molecule has 3 rings (SSSR count). The summed E-state index contributed by atoms with van der Waals surface area (Å²) in [5.41, 5.74) is -2.67. The number of morpholine rings is 1. The molecule has 1 aliphatic heterocycles. The summed E-state index contributed by atoms with van der Waals surface area (Å²) in [5.74, 6) is 0. The van der Waals surface area contributed by atoms with Crippen LogP contribution in [0, 0.1) is 0 Å². The van der Waals surface area contributed by atoms with Crippen molar-refractivity contribution in [2.45, 2.75) is 23.8 Å². The molecule has 0 aromatic heterocycles. The Kier molecular flexibility index (Phi) is 6.96. The zero-order chi connectivity index (χ0) is 23.6. The summed E-state index contributed by atoms with van der Waals surface area (Å²) in [4.78, 5) is 3.97. The standard InChI is InChI=1S/C20H18F6N2O3S/c21-19(22,23)16-9-15(10-17(11-16)20(24,25)26)13-27-12-14-1-3-18(4-2-14)32(29,30)28-5-7-31-8-6-28/h1-4,9-11,13H,5-8,12H2. The van der Waals surface area contributed by atoms with E-state index in [-0.39, 0.29) is 36.2 Å². The van der Waals surface area contributed by atoms with Gasteiger partial charge in [-0.1, -0.05) is 12.1 Å². The predicted molar refractivity (Wildman–Crippen MR) is 104 cm³/mol. The number of hydrogen-bond donors (Lipinski definition) is 0. The molecule has 0 spiro atoms. The smallest absolute Gasteiger partial charge is 0.379 e. The molecule has 12 heteroatoms. The molecule has 1 fully saturated rings. The van der Waals surface area contributed by atoms with Gasteiger partial charge in [0.1, 0.15) is 0 Å². The van der Waals surface area contributed by atoms with Crippen molar-refractivity contribution in [1.29, 1.82) is 0 Å². The van der Waals surface area contributed by atoms with Crippen LogP contribution in [0.1, 0.15) is 22.3 Å². The van der Waals surface area contributed by atoms with Crippen molar-refractivity contribution >= 4 is 16.2 Å². The molecule has 0 radical (unpaired) electrons. The molecule has 0 unspecified atom stereocenters. The Balaban J connectivity index is 1.75. The Morgan fingerprint density at radius 3 is 1.94 bits per heavy atom. The van der Waals surface area contributed by atoms with Gasteiger partial charge in [-0.3, -0.25) is 4.99 Å². The number of halogens is 6. The van der Waals surface area contributed by atoms with E-state index in [9.17, 15) is 34.8 Å². The molecule has 0 aliphatic carbocycles. The topological polar surface area (TPSA) is 59.0 Å². The first-order valence-corrected chi connectivity index (χ1v) is 10.8. The van der Waals surface area contributed by atoms with Crippen LogP contribution in [0.15, 0.2) is 52.4 Å². The van der Waals surface area contributed by atoms with Gasteiger partial charge >= 0.3 is 12.4 Å². The molecule has 0 amide bonds. The fourth-order valence-corrected chi connectivity index (χ4v) is 4.42. The van der Waals surface area contributed by atoms with Crippen molar-refractivity contribution < 1.29 is 39.5 Å². The van der Waals surface area contributed by atoms with Gasteiger partial charge in [0.25, 0.3) is 0 Å². The van der Waals surface area contributed by atoms with Crippen LogP contribution >= 0.6 is 0 Å². The van der Waals surface area contributed by atoms with E-state index in [1.807, 2.05) is 0 Å². The molecule has 5 nitrogen and oxygen atoms in total. The summed E-state index contributed by atoms with van der Waals surface area (Å²) in [5, 5.41) is 0. The van der Waals surface area contributed by atoms with E-state index in [2.05, 4.69) is 4.99 Å². The fraction of sp³-hybridized carbons (Fsp3) is 0.350. The van der Waals surface area contributed by atoms with Crippen molar-refractivity contribution in [2.75, 3.05) is 26.3 Å². The largest absolute Gasteiger partial charge is 0.416 e. The van der Waals surface area contributed by atoms with Crippen molar-refractivity contribution in [2.24, 2.45) is 4.99 Å². The van der Waals surface area contributed by atoms with Gasteiger partial charge in [-0.2, -0.15) is 30.6 Å². The average molecular weight is 480 g/mol. The molecule has 0 N–H and O–H groups in total. The van der Waals surface area contributed by atoms with Crippen LogP contribution in [-0.2, 0) is 33.7 Å². The van der Waals surface area contributed by atoms with Gasteiger partial charge in [-0.05, 0) is 41.5 Å². The fourth-order valence-electron chi connectivity index (χ4n) is 3.01. The van der Waals surface area contributed by atoms with E-state index in [1.54, 1.807) is 0 Å². The molecule has 0 bridgehead atoms. The van der Waals surface area contributed by atoms with Crippen LogP contribution in [0.3, 0.4) is 0 Å². The summed E-state index contributed by atoms with van der Waals surface area (Å²) in [7, 11) is -3.68. The molecule has 2 aromatic rings. The monoisotopic (exact) mass is 480 g/mol. The normalized spacial score (nSPS) is 16.6. The Hall–Kier alpha value is -2.44. The second-order valence-corrected chi connectivity index (χ2v) is 8.91. The SMILES string of the molecule is O=S(=O)(c1ccc(CN=Cc2cc(C(F)(F)F)cc(C(F)(F)F)c2)cc1)N1CCOCC1. The Labute approximate surface area is 180 Å². The molecule has 1 saturated heterocycles. The van der Waals surface area contributed by atoms with Crippen LogP contribution in [0.5, 0.6) is 0 Å². The quantitative estimate of drug-likeness (QED) is 0.472. The highest BCUT2D eigenvalue weighted by Crippen LogP contribution is 2.36. The lowest BCUT2D eigenvalue weighted by Crippen LogP contribution is -2.40. The summed E-state index contributed by atoms with van der Waals surface area (Å²) in [6, 6.07) is 6.93. The summed E-state index contributed by atoms with van der Waals surface area (Å²) < 4.78 is 109. The molecule has 2 aromatic carbocycles. The Morgan fingerprint density at radius 2 is 1.44 bits per heavy atom. The first-order valence-electron chi connectivity index (χ1n) is 9.33. The number of sulfonamides is 1. The minimum Gasteiger partial charge on any atom is -0.379 e. The zero-order valence-electron chi connectivity index (χ0n) is 16.4. The van der Waals surface area contributed by atoms with Gasteiger partial charge in [-0.25, -0.2) is 8.42 Å². The van der Waals surface area contributed by atoms with E-state index >= 15 is 0 Å². The maximum atomic E-state index is 12.9. The number of rotatable bonds is 5. The second kappa shape index (κ2) is 9.20. The Morgan fingerprint density at radius 1 is 0.906 bits per heavy atom.